The predicted octanol–water partition coefficient (Wildman–Crippen LogP) is 3.46. The van der Waals surface area contributed by atoms with Gasteiger partial charge in [0.15, 0.2) is 0 Å². The van der Waals surface area contributed by atoms with Crippen LogP contribution in [0, 0.1) is 5.82 Å². The van der Waals surface area contributed by atoms with Gasteiger partial charge in [0, 0.05) is 10.0 Å². The van der Waals surface area contributed by atoms with E-state index in [1.54, 1.807) is 12.1 Å². The van der Waals surface area contributed by atoms with Crippen molar-refractivity contribution in [2.45, 2.75) is 31.3 Å². The van der Waals surface area contributed by atoms with Gasteiger partial charge in [-0.2, -0.15) is 0 Å². The number of ether oxygens (including phenoxy) is 1. The molecular formula is C13H14BrFO3. The van der Waals surface area contributed by atoms with Crippen molar-refractivity contribution in [3.8, 4) is 0 Å². The molecule has 0 saturated heterocycles. The molecule has 1 fully saturated rings. The molecule has 0 atom stereocenters. The number of benzene rings is 1. The fourth-order valence-electron chi connectivity index (χ4n) is 2.50. The van der Waals surface area contributed by atoms with E-state index < -0.39 is 18.2 Å². The second-order valence-electron chi connectivity index (χ2n) is 4.51. The molecule has 3 nitrogen and oxygen atoms in total. The Balaban J connectivity index is 2.31. The molecule has 0 aromatic heterocycles. The molecule has 0 unspecified atom stereocenters. The van der Waals surface area contributed by atoms with E-state index >= 15 is 0 Å². The van der Waals surface area contributed by atoms with Crippen molar-refractivity contribution < 1.29 is 19.0 Å². The van der Waals surface area contributed by atoms with Gasteiger partial charge in [-0.3, -0.25) is 0 Å². The number of hydrogen-bond acceptors (Lipinski definition) is 2. The molecule has 0 bridgehead atoms. The summed E-state index contributed by atoms with van der Waals surface area (Å²) in [5.74, 6) is -1.38. The molecule has 1 aromatic rings. The van der Waals surface area contributed by atoms with Crippen LogP contribution in [0.15, 0.2) is 22.7 Å². The second kappa shape index (κ2) is 5.36. The zero-order chi connectivity index (χ0) is 13.2. The van der Waals surface area contributed by atoms with Crippen molar-refractivity contribution >= 4 is 21.9 Å². The summed E-state index contributed by atoms with van der Waals surface area (Å²) in [6, 6.07) is 4.81. The number of aliphatic carboxylic acids is 1. The molecule has 0 spiro atoms. The standard InChI is InChI=1S/C13H14BrFO3/c14-9-3-4-10(11(15)7-9)13(5-1-2-6-13)18-8-12(16)17/h3-4,7H,1-2,5-6,8H2,(H,16,17). The summed E-state index contributed by atoms with van der Waals surface area (Å²) < 4.78 is 20.2. The number of hydrogen-bond donors (Lipinski definition) is 1. The summed E-state index contributed by atoms with van der Waals surface area (Å²) in [5.41, 5.74) is -0.312. The van der Waals surface area contributed by atoms with Crippen LogP contribution in [0.4, 0.5) is 4.39 Å². The van der Waals surface area contributed by atoms with Gasteiger partial charge >= 0.3 is 5.97 Å². The van der Waals surface area contributed by atoms with E-state index in [9.17, 15) is 9.18 Å². The number of carbonyl (C=O) groups is 1. The van der Waals surface area contributed by atoms with Crippen molar-refractivity contribution in [3.05, 3.63) is 34.1 Å². The number of carboxylic acid groups (broad SMARTS) is 1. The molecule has 0 heterocycles. The van der Waals surface area contributed by atoms with E-state index in [1.807, 2.05) is 0 Å². The van der Waals surface area contributed by atoms with Crippen LogP contribution in [0.3, 0.4) is 0 Å². The minimum Gasteiger partial charge on any atom is -0.480 e. The molecule has 18 heavy (non-hydrogen) atoms. The first-order chi connectivity index (χ1) is 8.53. The maximum absolute atomic E-state index is 14.0. The summed E-state index contributed by atoms with van der Waals surface area (Å²) >= 11 is 3.21. The minimum absolute atomic E-state index is 0.350. The average Bonchev–Trinajstić information content (AvgIpc) is 2.76. The van der Waals surface area contributed by atoms with Gasteiger partial charge in [-0.1, -0.05) is 34.8 Å². The smallest absolute Gasteiger partial charge is 0.329 e. The van der Waals surface area contributed by atoms with Crippen LogP contribution in [-0.2, 0) is 15.1 Å². The van der Waals surface area contributed by atoms with E-state index in [4.69, 9.17) is 9.84 Å². The van der Waals surface area contributed by atoms with Gasteiger partial charge in [0.25, 0.3) is 0 Å². The summed E-state index contributed by atoms with van der Waals surface area (Å²) in [6.07, 6.45) is 3.18. The quantitative estimate of drug-likeness (QED) is 0.925. The fraction of sp³-hybridized carbons (Fsp3) is 0.462. The largest absolute Gasteiger partial charge is 0.480 e. The van der Waals surface area contributed by atoms with E-state index in [0.717, 1.165) is 12.8 Å². The van der Waals surface area contributed by atoms with E-state index in [-0.39, 0.29) is 5.82 Å². The predicted molar refractivity (Wildman–Crippen MR) is 67.8 cm³/mol. The zero-order valence-corrected chi connectivity index (χ0v) is 11.4. The van der Waals surface area contributed by atoms with Crippen molar-refractivity contribution in [1.82, 2.24) is 0 Å². The average molecular weight is 317 g/mol. The minimum atomic E-state index is -1.03. The first-order valence-electron chi connectivity index (χ1n) is 5.85. The molecule has 1 aromatic carbocycles. The third kappa shape index (κ3) is 2.72. The Kier molecular flexibility index (Phi) is 4.02. The maximum Gasteiger partial charge on any atom is 0.329 e. The lowest BCUT2D eigenvalue weighted by atomic mass is 9.91. The van der Waals surface area contributed by atoms with Crippen LogP contribution < -0.4 is 0 Å². The van der Waals surface area contributed by atoms with Gasteiger partial charge in [0.2, 0.25) is 0 Å². The van der Waals surface area contributed by atoms with Crippen LogP contribution >= 0.6 is 15.9 Å². The van der Waals surface area contributed by atoms with Crippen LogP contribution in [-0.4, -0.2) is 17.7 Å². The van der Waals surface area contributed by atoms with Gasteiger partial charge < -0.3 is 9.84 Å². The third-order valence-corrected chi connectivity index (χ3v) is 3.80. The van der Waals surface area contributed by atoms with E-state index in [0.29, 0.717) is 22.9 Å². The molecular weight excluding hydrogens is 303 g/mol. The Bertz CT molecular complexity index is 456. The number of halogens is 2. The zero-order valence-electron chi connectivity index (χ0n) is 9.79. The first-order valence-corrected chi connectivity index (χ1v) is 6.64. The summed E-state index contributed by atoms with van der Waals surface area (Å²) in [7, 11) is 0. The molecule has 0 amide bonds. The van der Waals surface area contributed by atoms with Gasteiger partial charge in [-0.25, -0.2) is 9.18 Å². The highest BCUT2D eigenvalue weighted by Crippen LogP contribution is 2.43. The van der Waals surface area contributed by atoms with Gasteiger partial charge in [0.1, 0.15) is 12.4 Å². The molecule has 2 rings (SSSR count). The highest BCUT2D eigenvalue weighted by molar-refractivity contribution is 9.10. The SMILES string of the molecule is O=C(O)COC1(c2ccc(Br)cc2F)CCCC1. The third-order valence-electron chi connectivity index (χ3n) is 3.31. The molecule has 98 valence electrons. The van der Waals surface area contributed by atoms with E-state index in [2.05, 4.69) is 15.9 Å². The van der Waals surface area contributed by atoms with Gasteiger partial charge in [0.05, 0.1) is 5.60 Å². The number of rotatable bonds is 4. The van der Waals surface area contributed by atoms with Crippen molar-refractivity contribution in [2.24, 2.45) is 0 Å². The lowest BCUT2D eigenvalue weighted by molar-refractivity contribution is -0.150. The molecule has 1 N–H and O–H groups in total. The lowest BCUT2D eigenvalue weighted by Crippen LogP contribution is -2.30. The van der Waals surface area contributed by atoms with Crippen LogP contribution in [0.1, 0.15) is 31.2 Å². The monoisotopic (exact) mass is 316 g/mol. The summed E-state index contributed by atoms with van der Waals surface area (Å²) in [5, 5.41) is 8.72. The molecule has 5 heteroatoms. The van der Waals surface area contributed by atoms with Crippen LogP contribution in [0.5, 0.6) is 0 Å². The summed E-state index contributed by atoms with van der Waals surface area (Å²) in [4.78, 5) is 10.6. The van der Waals surface area contributed by atoms with Gasteiger partial charge in [-0.05, 0) is 25.0 Å². The van der Waals surface area contributed by atoms with Crippen molar-refractivity contribution in [1.29, 1.82) is 0 Å². The highest BCUT2D eigenvalue weighted by atomic mass is 79.9. The first kappa shape index (κ1) is 13.5. The molecule has 1 aliphatic rings. The van der Waals surface area contributed by atoms with Crippen molar-refractivity contribution in [3.63, 3.8) is 0 Å². The second-order valence-corrected chi connectivity index (χ2v) is 5.42. The van der Waals surface area contributed by atoms with Crippen molar-refractivity contribution in [2.75, 3.05) is 6.61 Å². The van der Waals surface area contributed by atoms with E-state index in [1.165, 1.54) is 6.07 Å². The van der Waals surface area contributed by atoms with Crippen LogP contribution in [0.2, 0.25) is 0 Å². The molecule has 1 saturated carbocycles. The molecule has 0 radical (unpaired) electrons. The Morgan fingerprint density at radius 2 is 2.11 bits per heavy atom. The Morgan fingerprint density at radius 1 is 1.44 bits per heavy atom. The Hall–Kier alpha value is -0.940. The summed E-state index contributed by atoms with van der Waals surface area (Å²) in [6.45, 7) is -0.393. The number of carboxylic acids is 1. The fourth-order valence-corrected chi connectivity index (χ4v) is 2.83. The van der Waals surface area contributed by atoms with Crippen LogP contribution in [0.25, 0.3) is 0 Å². The van der Waals surface area contributed by atoms with Gasteiger partial charge in [-0.15, -0.1) is 0 Å². The Labute approximate surface area is 113 Å². The maximum atomic E-state index is 14.0. The topological polar surface area (TPSA) is 46.5 Å². The normalized spacial score (nSPS) is 17.9. The highest BCUT2D eigenvalue weighted by Gasteiger charge is 2.39. The Morgan fingerprint density at radius 3 is 2.67 bits per heavy atom. The molecule has 0 aliphatic heterocycles. The molecule has 1 aliphatic carbocycles. The lowest BCUT2D eigenvalue weighted by Gasteiger charge is -2.29.